The highest BCUT2D eigenvalue weighted by atomic mass is 35.5. The molecule has 2 atom stereocenters. The summed E-state index contributed by atoms with van der Waals surface area (Å²) >= 11 is 0. The van der Waals surface area contributed by atoms with E-state index in [0.29, 0.717) is 31.8 Å². The minimum Gasteiger partial charge on any atom is -0.497 e. The summed E-state index contributed by atoms with van der Waals surface area (Å²) in [4.78, 5) is 29.1. The van der Waals surface area contributed by atoms with Gasteiger partial charge in [-0.1, -0.05) is 18.6 Å². The molecule has 1 aromatic rings. The van der Waals surface area contributed by atoms with E-state index < -0.39 is 0 Å². The average molecular weight is 424 g/mol. The Labute approximate surface area is 180 Å². The molecule has 2 aliphatic rings. The number of benzene rings is 1. The van der Waals surface area contributed by atoms with Gasteiger partial charge < -0.3 is 20.3 Å². The van der Waals surface area contributed by atoms with Gasteiger partial charge in [-0.2, -0.15) is 0 Å². The summed E-state index contributed by atoms with van der Waals surface area (Å²) in [6.07, 6.45) is 5.86. The Morgan fingerprint density at radius 1 is 1.00 bits per heavy atom. The van der Waals surface area contributed by atoms with Gasteiger partial charge in [0.05, 0.1) is 7.11 Å². The molecule has 2 fully saturated rings. The molecular formula is C22H34ClN3O3. The Morgan fingerprint density at radius 2 is 1.66 bits per heavy atom. The van der Waals surface area contributed by atoms with E-state index in [-0.39, 0.29) is 30.3 Å². The Morgan fingerprint density at radius 3 is 2.24 bits per heavy atom. The second-order valence-corrected chi connectivity index (χ2v) is 8.02. The maximum absolute atomic E-state index is 12.6. The van der Waals surface area contributed by atoms with Crippen molar-refractivity contribution in [2.75, 3.05) is 33.3 Å². The number of halogens is 1. The van der Waals surface area contributed by atoms with Gasteiger partial charge in [-0.15, -0.1) is 12.4 Å². The van der Waals surface area contributed by atoms with Crippen molar-refractivity contribution in [3.8, 4) is 5.75 Å². The van der Waals surface area contributed by atoms with Gasteiger partial charge in [0.2, 0.25) is 11.8 Å². The third-order valence-corrected chi connectivity index (χ3v) is 6.14. The minimum absolute atomic E-state index is 0. The lowest BCUT2D eigenvalue weighted by Gasteiger charge is -2.24. The van der Waals surface area contributed by atoms with E-state index in [1.807, 2.05) is 34.1 Å². The molecule has 1 saturated carbocycles. The number of amides is 2. The van der Waals surface area contributed by atoms with Gasteiger partial charge in [0.1, 0.15) is 5.75 Å². The highest BCUT2D eigenvalue weighted by molar-refractivity contribution is 5.85. The zero-order valence-corrected chi connectivity index (χ0v) is 18.2. The fraction of sp³-hybridized carbons (Fsp3) is 0.636. The van der Waals surface area contributed by atoms with Crippen LogP contribution in [0, 0.1) is 5.92 Å². The van der Waals surface area contributed by atoms with E-state index in [0.717, 1.165) is 56.5 Å². The molecule has 1 saturated heterocycles. The number of methoxy groups -OCH3 is 1. The van der Waals surface area contributed by atoms with E-state index in [2.05, 4.69) is 0 Å². The SMILES string of the molecule is COc1ccc(CCC(=O)N2CCCN(C(=O)C[C@@H]3CCC[C@H]3N)CC2)cc1.Cl. The van der Waals surface area contributed by atoms with E-state index in [9.17, 15) is 9.59 Å². The van der Waals surface area contributed by atoms with Gasteiger partial charge in [0.25, 0.3) is 0 Å². The summed E-state index contributed by atoms with van der Waals surface area (Å²) in [6.45, 7) is 2.73. The summed E-state index contributed by atoms with van der Waals surface area (Å²) in [5.74, 6) is 1.53. The summed E-state index contributed by atoms with van der Waals surface area (Å²) in [6, 6.07) is 8.02. The molecule has 3 rings (SSSR count). The first-order chi connectivity index (χ1) is 13.6. The molecule has 2 N–H and O–H groups in total. The maximum Gasteiger partial charge on any atom is 0.222 e. The molecule has 7 heteroatoms. The first-order valence-corrected chi connectivity index (χ1v) is 10.5. The number of carbonyl (C=O) groups is 2. The van der Waals surface area contributed by atoms with Gasteiger partial charge in [0.15, 0.2) is 0 Å². The van der Waals surface area contributed by atoms with Crippen LogP contribution in [0.1, 0.15) is 44.1 Å². The molecule has 162 valence electrons. The molecule has 0 spiro atoms. The normalized spacial score (nSPS) is 22.0. The van der Waals surface area contributed by atoms with Crippen LogP contribution in [0.5, 0.6) is 5.75 Å². The van der Waals surface area contributed by atoms with Crippen LogP contribution in [0.25, 0.3) is 0 Å². The molecule has 1 aromatic carbocycles. The topological polar surface area (TPSA) is 75.9 Å². The van der Waals surface area contributed by atoms with Crippen LogP contribution >= 0.6 is 12.4 Å². The van der Waals surface area contributed by atoms with Crippen LogP contribution in [0.15, 0.2) is 24.3 Å². The molecule has 1 heterocycles. The molecule has 0 bridgehead atoms. The molecule has 1 aliphatic heterocycles. The molecular weight excluding hydrogens is 390 g/mol. The summed E-state index contributed by atoms with van der Waals surface area (Å²) in [7, 11) is 1.65. The van der Waals surface area contributed by atoms with E-state index in [1.165, 1.54) is 0 Å². The fourth-order valence-corrected chi connectivity index (χ4v) is 4.29. The predicted molar refractivity (Wildman–Crippen MR) is 116 cm³/mol. The van der Waals surface area contributed by atoms with Crippen molar-refractivity contribution in [1.82, 2.24) is 9.80 Å². The number of ether oxygens (including phenoxy) is 1. The average Bonchev–Trinajstić information content (AvgIpc) is 2.96. The Hall–Kier alpha value is -1.79. The van der Waals surface area contributed by atoms with Crippen LogP contribution < -0.4 is 10.5 Å². The van der Waals surface area contributed by atoms with Gasteiger partial charge in [0, 0.05) is 45.1 Å². The minimum atomic E-state index is 0. The number of hydrogen-bond donors (Lipinski definition) is 1. The molecule has 0 unspecified atom stereocenters. The van der Waals surface area contributed by atoms with Crippen molar-refractivity contribution in [2.45, 2.75) is 51.0 Å². The van der Waals surface area contributed by atoms with Gasteiger partial charge in [-0.25, -0.2) is 0 Å². The zero-order valence-electron chi connectivity index (χ0n) is 17.3. The van der Waals surface area contributed by atoms with Crippen LogP contribution in [-0.2, 0) is 16.0 Å². The highest BCUT2D eigenvalue weighted by Gasteiger charge is 2.29. The van der Waals surface area contributed by atoms with E-state index >= 15 is 0 Å². The van der Waals surface area contributed by atoms with E-state index in [1.54, 1.807) is 7.11 Å². The van der Waals surface area contributed by atoms with Gasteiger partial charge in [-0.05, 0) is 49.3 Å². The Balaban J connectivity index is 0.00000300. The van der Waals surface area contributed by atoms with Crippen molar-refractivity contribution in [1.29, 1.82) is 0 Å². The second-order valence-electron chi connectivity index (χ2n) is 8.02. The fourth-order valence-electron chi connectivity index (χ4n) is 4.29. The lowest BCUT2D eigenvalue weighted by atomic mass is 9.99. The third-order valence-electron chi connectivity index (χ3n) is 6.14. The predicted octanol–water partition coefficient (Wildman–Crippen LogP) is 2.63. The lowest BCUT2D eigenvalue weighted by molar-refractivity contribution is -0.134. The maximum atomic E-state index is 12.6. The van der Waals surface area contributed by atoms with E-state index in [4.69, 9.17) is 10.5 Å². The van der Waals surface area contributed by atoms with Crippen LogP contribution in [0.3, 0.4) is 0 Å². The monoisotopic (exact) mass is 423 g/mol. The molecule has 0 radical (unpaired) electrons. The van der Waals surface area contributed by atoms with Crippen LogP contribution in [0.4, 0.5) is 0 Å². The molecule has 2 amide bonds. The van der Waals surface area contributed by atoms with Crippen molar-refractivity contribution < 1.29 is 14.3 Å². The number of rotatable bonds is 6. The van der Waals surface area contributed by atoms with Crippen LogP contribution in [-0.4, -0.2) is 60.9 Å². The molecule has 29 heavy (non-hydrogen) atoms. The molecule has 6 nitrogen and oxygen atoms in total. The molecule has 1 aliphatic carbocycles. The first-order valence-electron chi connectivity index (χ1n) is 10.5. The highest BCUT2D eigenvalue weighted by Crippen LogP contribution is 2.27. The number of nitrogens with zero attached hydrogens (tertiary/aromatic N) is 2. The number of aryl methyl sites for hydroxylation is 1. The van der Waals surface area contributed by atoms with Crippen molar-refractivity contribution in [3.63, 3.8) is 0 Å². The van der Waals surface area contributed by atoms with Crippen molar-refractivity contribution in [3.05, 3.63) is 29.8 Å². The number of hydrogen-bond acceptors (Lipinski definition) is 4. The number of nitrogens with two attached hydrogens (primary N) is 1. The zero-order chi connectivity index (χ0) is 19.9. The van der Waals surface area contributed by atoms with Crippen molar-refractivity contribution >= 4 is 24.2 Å². The van der Waals surface area contributed by atoms with Crippen molar-refractivity contribution in [2.24, 2.45) is 11.7 Å². The van der Waals surface area contributed by atoms with Gasteiger partial charge >= 0.3 is 0 Å². The summed E-state index contributed by atoms with van der Waals surface area (Å²) in [5.41, 5.74) is 7.25. The third kappa shape index (κ3) is 6.61. The summed E-state index contributed by atoms with van der Waals surface area (Å²) in [5, 5.41) is 0. The Bertz CT molecular complexity index is 668. The van der Waals surface area contributed by atoms with Gasteiger partial charge in [-0.3, -0.25) is 9.59 Å². The molecule has 0 aromatic heterocycles. The standard InChI is InChI=1S/C22H33N3O3.ClH/c1-28-19-9-6-17(7-10-19)8-11-21(26)24-12-3-13-25(15-14-24)22(27)16-18-4-2-5-20(18)23;/h6-7,9-10,18,20H,2-5,8,11-16,23H2,1H3;1H/t18-,20+;/m0./s1. The first kappa shape index (κ1) is 23.5. The largest absolute Gasteiger partial charge is 0.497 e. The number of carbonyl (C=O) groups excluding carboxylic acids is 2. The Kier molecular flexibility index (Phi) is 9.24. The smallest absolute Gasteiger partial charge is 0.222 e. The quantitative estimate of drug-likeness (QED) is 0.763. The lowest BCUT2D eigenvalue weighted by Crippen LogP contribution is -2.39. The summed E-state index contributed by atoms with van der Waals surface area (Å²) < 4.78 is 5.17. The van der Waals surface area contributed by atoms with Crippen LogP contribution in [0.2, 0.25) is 0 Å². The second kappa shape index (κ2) is 11.4.